The maximum atomic E-state index is 13.3. The molecule has 0 aliphatic heterocycles. The number of hydrogen-bond donors (Lipinski definition) is 0. The number of hydrogen-bond acceptors (Lipinski definition) is 5. The van der Waals surface area contributed by atoms with E-state index in [1.165, 1.54) is 16.3 Å². The van der Waals surface area contributed by atoms with Crippen molar-refractivity contribution in [2.45, 2.75) is 5.16 Å². The van der Waals surface area contributed by atoms with E-state index in [9.17, 15) is 9.59 Å². The second-order valence-corrected chi connectivity index (χ2v) is 9.17. The summed E-state index contributed by atoms with van der Waals surface area (Å²) in [5, 5.41) is 1.92. The molecule has 0 saturated heterocycles. The average Bonchev–Trinajstić information content (AvgIpc) is 3.35. The molecule has 0 N–H and O–H groups in total. The summed E-state index contributed by atoms with van der Waals surface area (Å²) in [6.07, 6.45) is 0. The van der Waals surface area contributed by atoms with Gasteiger partial charge in [0.1, 0.15) is 5.76 Å². The van der Waals surface area contributed by atoms with Gasteiger partial charge in [-0.25, -0.2) is 4.98 Å². The molecule has 2 heterocycles. The SMILES string of the molecule is O=C(CSc1nc2ccccc2c(=O)n1-c1ccccc1)c1ccc(-c2cc(Cl)ccc2Cl)o1. The Bertz CT molecular complexity index is 1580. The third-order valence-corrected chi connectivity index (χ3v) is 6.67. The van der Waals surface area contributed by atoms with Gasteiger partial charge in [-0.3, -0.25) is 14.2 Å². The maximum absolute atomic E-state index is 13.3. The molecule has 0 aliphatic carbocycles. The first-order chi connectivity index (χ1) is 16.5. The second-order valence-electron chi connectivity index (χ2n) is 7.39. The predicted molar refractivity (Wildman–Crippen MR) is 137 cm³/mol. The first-order valence-electron chi connectivity index (χ1n) is 10.3. The maximum Gasteiger partial charge on any atom is 0.266 e. The van der Waals surface area contributed by atoms with Gasteiger partial charge in [0.15, 0.2) is 10.9 Å². The third-order valence-electron chi connectivity index (χ3n) is 5.17. The third kappa shape index (κ3) is 4.40. The highest BCUT2D eigenvalue weighted by Crippen LogP contribution is 2.32. The van der Waals surface area contributed by atoms with E-state index in [0.29, 0.717) is 43.1 Å². The molecule has 3 aromatic carbocycles. The fourth-order valence-corrected chi connectivity index (χ4v) is 4.80. The van der Waals surface area contributed by atoms with Gasteiger partial charge in [-0.05, 0) is 54.6 Å². The Kier molecular flexibility index (Phi) is 6.28. The predicted octanol–water partition coefficient (Wildman–Crippen LogP) is 6.93. The number of furan rings is 1. The zero-order valence-electron chi connectivity index (χ0n) is 17.6. The molecule has 2 aromatic heterocycles. The number of aromatic nitrogens is 2. The minimum atomic E-state index is -0.239. The molecule has 5 aromatic rings. The van der Waals surface area contributed by atoms with Gasteiger partial charge in [0.05, 0.1) is 27.4 Å². The van der Waals surface area contributed by atoms with Crippen molar-refractivity contribution >= 4 is 51.6 Å². The molecular formula is C26H16Cl2N2O3S. The molecular weight excluding hydrogens is 491 g/mol. The van der Waals surface area contributed by atoms with Crippen molar-refractivity contribution in [3.8, 4) is 17.0 Å². The van der Waals surface area contributed by atoms with E-state index >= 15 is 0 Å². The van der Waals surface area contributed by atoms with Gasteiger partial charge in [-0.2, -0.15) is 0 Å². The number of para-hydroxylation sites is 2. The van der Waals surface area contributed by atoms with Crippen LogP contribution in [0.5, 0.6) is 0 Å². The summed E-state index contributed by atoms with van der Waals surface area (Å²) in [4.78, 5) is 30.9. The van der Waals surface area contributed by atoms with Gasteiger partial charge in [-0.1, -0.05) is 65.3 Å². The zero-order valence-corrected chi connectivity index (χ0v) is 19.9. The van der Waals surface area contributed by atoms with E-state index in [1.54, 1.807) is 48.5 Å². The smallest absolute Gasteiger partial charge is 0.266 e. The number of thioether (sulfide) groups is 1. The highest BCUT2D eigenvalue weighted by Gasteiger charge is 2.18. The van der Waals surface area contributed by atoms with E-state index in [0.717, 1.165) is 0 Å². The van der Waals surface area contributed by atoms with Gasteiger partial charge >= 0.3 is 0 Å². The van der Waals surface area contributed by atoms with Crippen LogP contribution in [-0.2, 0) is 0 Å². The molecule has 8 heteroatoms. The average molecular weight is 507 g/mol. The summed E-state index contributed by atoms with van der Waals surface area (Å²) >= 11 is 13.5. The Labute approximate surface area is 209 Å². The van der Waals surface area contributed by atoms with E-state index in [2.05, 4.69) is 4.98 Å². The second kappa shape index (κ2) is 9.50. The lowest BCUT2D eigenvalue weighted by Crippen LogP contribution is -2.22. The van der Waals surface area contributed by atoms with Crippen molar-refractivity contribution in [1.29, 1.82) is 0 Å². The van der Waals surface area contributed by atoms with Crippen LogP contribution in [0, 0.1) is 0 Å². The number of nitrogens with zero attached hydrogens (tertiary/aromatic N) is 2. The number of Topliss-reactive ketones (excluding diaryl/α,β-unsaturated/α-hetero) is 1. The van der Waals surface area contributed by atoms with Gasteiger partial charge in [-0.15, -0.1) is 0 Å². The molecule has 0 atom stereocenters. The summed E-state index contributed by atoms with van der Waals surface area (Å²) < 4.78 is 7.30. The molecule has 5 rings (SSSR count). The molecule has 0 aliphatic rings. The molecule has 0 radical (unpaired) electrons. The van der Waals surface area contributed by atoms with E-state index < -0.39 is 0 Å². The van der Waals surface area contributed by atoms with E-state index in [4.69, 9.17) is 27.6 Å². The van der Waals surface area contributed by atoms with Crippen molar-refractivity contribution in [2.24, 2.45) is 0 Å². The van der Waals surface area contributed by atoms with Crippen molar-refractivity contribution < 1.29 is 9.21 Å². The lowest BCUT2D eigenvalue weighted by Gasteiger charge is -2.12. The first kappa shape index (κ1) is 22.5. The lowest BCUT2D eigenvalue weighted by molar-refractivity contribution is 0.0993. The van der Waals surface area contributed by atoms with Crippen molar-refractivity contribution in [3.63, 3.8) is 0 Å². The van der Waals surface area contributed by atoms with Crippen LogP contribution in [0.2, 0.25) is 10.0 Å². The summed E-state index contributed by atoms with van der Waals surface area (Å²) in [5.74, 6) is 0.434. The van der Waals surface area contributed by atoms with Gasteiger partial charge < -0.3 is 4.42 Å². The number of carbonyl (C=O) groups is 1. The number of carbonyl (C=O) groups excluding carboxylic acids is 1. The Morgan fingerprint density at radius 3 is 2.53 bits per heavy atom. The topological polar surface area (TPSA) is 65.1 Å². The van der Waals surface area contributed by atoms with Crippen LogP contribution in [0.3, 0.4) is 0 Å². The standard InChI is InChI=1S/C26H16Cl2N2O3S/c27-16-10-11-20(28)19(14-16)23-12-13-24(33-23)22(31)15-34-26-29-21-9-5-4-8-18(21)25(32)30(26)17-6-2-1-3-7-17/h1-14H,15H2. The molecule has 0 saturated carbocycles. The van der Waals surface area contributed by atoms with E-state index in [-0.39, 0.29) is 22.9 Å². The van der Waals surface area contributed by atoms with Crippen molar-refractivity contribution in [3.05, 3.63) is 111 Å². The Morgan fingerprint density at radius 1 is 0.941 bits per heavy atom. The molecule has 0 amide bonds. The first-order valence-corrected chi connectivity index (χ1v) is 12.0. The fourth-order valence-electron chi connectivity index (χ4n) is 3.53. The van der Waals surface area contributed by atoms with Gasteiger partial charge in [0, 0.05) is 10.6 Å². The van der Waals surface area contributed by atoms with Crippen LogP contribution in [0.4, 0.5) is 0 Å². The molecule has 0 bridgehead atoms. The van der Waals surface area contributed by atoms with Gasteiger partial charge in [0.2, 0.25) is 5.78 Å². The monoisotopic (exact) mass is 506 g/mol. The summed E-state index contributed by atoms with van der Waals surface area (Å²) in [6.45, 7) is 0. The van der Waals surface area contributed by atoms with Crippen LogP contribution < -0.4 is 5.56 Å². The summed E-state index contributed by atoms with van der Waals surface area (Å²) in [5.41, 5.74) is 1.67. The number of halogens is 2. The van der Waals surface area contributed by atoms with Crippen LogP contribution in [0.25, 0.3) is 27.9 Å². The number of rotatable bonds is 6. The fraction of sp³-hybridized carbons (Fsp3) is 0.0385. The molecule has 0 fully saturated rings. The summed E-state index contributed by atoms with van der Waals surface area (Å²) in [6, 6.07) is 24.7. The largest absolute Gasteiger partial charge is 0.453 e. The number of fused-ring (bicyclic) bond motifs is 1. The van der Waals surface area contributed by atoms with Crippen LogP contribution in [0.1, 0.15) is 10.6 Å². The minimum absolute atomic E-state index is 0.0356. The Balaban J connectivity index is 1.46. The van der Waals surface area contributed by atoms with Crippen LogP contribution in [0.15, 0.2) is 99.3 Å². The van der Waals surface area contributed by atoms with Crippen molar-refractivity contribution in [1.82, 2.24) is 9.55 Å². The van der Waals surface area contributed by atoms with Crippen molar-refractivity contribution in [2.75, 3.05) is 5.75 Å². The number of benzene rings is 3. The van der Waals surface area contributed by atoms with Gasteiger partial charge in [0.25, 0.3) is 5.56 Å². The van der Waals surface area contributed by atoms with E-state index in [1.807, 2.05) is 36.4 Å². The number of ketones is 1. The molecule has 168 valence electrons. The minimum Gasteiger partial charge on any atom is -0.453 e. The normalized spacial score (nSPS) is 11.1. The lowest BCUT2D eigenvalue weighted by atomic mass is 10.2. The molecule has 34 heavy (non-hydrogen) atoms. The highest BCUT2D eigenvalue weighted by atomic mass is 35.5. The highest BCUT2D eigenvalue weighted by molar-refractivity contribution is 7.99. The zero-order chi connectivity index (χ0) is 23.7. The Hall–Kier alpha value is -3.32. The quantitative estimate of drug-likeness (QED) is 0.142. The van der Waals surface area contributed by atoms with Crippen LogP contribution >= 0.6 is 35.0 Å². The van der Waals surface area contributed by atoms with Crippen LogP contribution in [-0.4, -0.2) is 21.1 Å². The molecule has 0 spiro atoms. The summed E-state index contributed by atoms with van der Waals surface area (Å²) in [7, 11) is 0. The molecule has 0 unspecified atom stereocenters. The Morgan fingerprint density at radius 2 is 1.71 bits per heavy atom. The molecule has 5 nitrogen and oxygen atoms in total.